The van der Waals surface area contributed by atoms with E-state index in [4.69, 9.17) is 9.52 Å². The van der Waals surface area contributed by atoms with Crippen molar-refractivity contribution in [2.45, 2.75) is 0 Å². The number of nitrogens with zero attached hydrogens (tertiary/aromatic N) is 2. The van der Waals surface area contributed by atoms with Crippen LogP contribution in [0.4, 0.5) is 0 Å². The second kappa shape index (κ2) is 3.73. The molecule has 0 aliphatic carbocycles. The molecule has 0 bridgehead atoms. The monoisotopic (exact) mass is 242 g/mol. The van der Waals surface area contributed by atoms with Crippen LogP contribution in [0.15, 0.2) is 40.9 Å². The molecule has 0 saturated carbocycles. The second-order valence-corrected chi connectivity index (χ2v) is 3.98. The van der Waals surface area contributed by atoms with Gasteiger partial charge in [-0.05, 0) is 12.1 Å². The van der Waals surface area contributed by atoms with Crippen molar-refractivity contribution >= 4 is 16.9 Å². The molecule has 1 N–H and O–H groups in total. The van der Waals surface area contributed by atoms with Gasteiger partial charge in [0, 0.05) is 18.0 Å². The van der Waals surface area contributed by atoms with E-state index in [1.165, 1.54) is 6.20 Å². The minimum absolute atomic E-state index is 0.157. The molecule has 3 rings (SSSR count). The van der Waals surface area contributed by atoms with E-state index in [1.807, 2.05) is 41.9 Å². The van der Waals surface area contributed by atoms with Crippen LogP contribution in [-0.4, -0.2) is 20.6 Å². The van der Waals surface area contributed by atoms with Crippen molar-refractivity contribution in [1.29, 1.82) is 0 Å². The van der Waals surface area contributed by atoms with Crippen LogP contribution in [0.3, 0.4) is 0 Å². The Morgan fingerprint density at radius 1 is 1.39 bits per heavy atom. The van der Waals surface area contributed by atoms with Gasteiger partial charge in [-0.25, -0.2) is 9.78 Å². The predicted molar refractivity (Wildman–Crippen MR) is 65.4 cm³/mol. The Balaban J connectivity index is 2.18. The molecule has 0 saturated heterocycles. The predicted octanol–water partition coefficient (Wildman–Crippen LogP) is 2.53. The number of aromatic carboxylic acids is 1. The van der Waals surface area contributed by atoms with Crippen LogP contribution in [0, 0.1) is 0 Å². The van der Waals surface area contributed by atoms with Crippen LogP contribution in [0.5, 0.6) is 0 Å². The van der Waals surface area contributed by atoms with Crippen molar-refractivity contribution in [3.8, 4) is 11.6 Å². The van der Waals surface area contributed by atoms with Crippen LogP contribution in [0.25, 0.3) is 22.5 Å². The molecular weight excluding hydrogens is 232 g/mol. The lowest BCUT2D eigenvalue weighted by Gasteiger charge is -1.99. The SMILES string of the molecule is Cn1c(-c2ncc(C(=O)O)o2)cc2ccccc21. The molecule has 0 unspecified atom stereocenters. The highest BCUT2D eigenvalue weighted by atomic mass is 16.4. The maximum absolute atomic E-state index is 10.8. The zero-order chi connectivity index (χ0) is 12.7. The first-order chi connectivity index (χ1) is 8.66. The first-order valence-corrected chi connectivity index (χ1v) is 5.41. The van der Waals surface area contributed by atoms with Crippen molar-refractivity contribution in [3.05, 3.63) is 42.3 Å². The van der Waals surface area contributed by atoms with E-state index in [2.05, 4.69) is 4.98 Å². The summed E-state index contributed by atoms with van der Waals surface area (Å²) < 4.78 is 7.13. The molecule has 2 heterocycles. The number of carboxylic acid groups (broad SMARTS) is 1. The van der Waals surface area contributed by atoms with E-state index >= 15 is 0 Å². The minimum Gasteiger partial charge on any atom is -0.475 e. The highest BCUT2D eigenvalue weighted by Gasteiger charge is 2.15. The summed E-state index contributed by atoms with van der Waals surface area (Å²) >= 11 is 0. The van der Waals surface area contributed by atoms with Crippen LogP contribution >= 0.6 is 0 Å². The fraction of sp³-hybridized carbons (Fsp3) is 0.0769. The minimum atomic E-state index is -1.12. The Labute approximate surface area is 102 Å². The summed E-state index contributed by atoms with van der Waals surface area (Å²) in [5.74, 6) is -0.964. The number of benzene rings is 1. The van der Waals surface area contributed by atoms with E-state index in [9.17, 15) is 4.79 Å². The van der Waals surface area contributed by atoms with Gasteiger partial charge in [-0.2, -0.15) is 0 Å². The summed E-state index contributed by atoms with van der Waals surface area (Å²) in [6.07, 6.45) is 1.22. The van der Waals surface area contributed by atoms with Gasteiger partial charge in [0.2, 0.25) is 11.7 Å². The average molecular weight is 242 g/mol. The molecule has 90 valence electrons. The molecule has 0 amide bonds. The van der Waals surface area contributed by atoms with Crippen molar-refractivity contribution in [3.63, 3.8) is 0 Å². The molecule has 2 aromatic heterocycles. The van der Waals surface area contributed by atoms with Gasteiger partial charge in [0.15, 0.2) is 0 Å². The number of rotatable bonds is 2. The fourth-order valence-electron chi connectivity index (χ4n) is 1.99. The number of carboxylic acids is 1. The highest BCUT2D eigenvalue weighted by Crippen LogP contribution is 2.26. The third-order valence-corrected chi connectivity index (χ3v) is 2.89. The summed E-state index contributed by atoms with van der Waals surface area (Å²) in [5.41, 5.74) is 1.80. The molecule has 0 spiro atoms. The molecular formula is C13H10N2O3. The third-order valence-electron chi connectivity index (χ3n) is 2.89. The normalized spacial score (nSPS) is 10.9. The van der Waals surface area contributed by atoms with Gasteiger partial charge in [0.1, 0.15) is 5.69 Å². The number of hydrogen-bond donors (Lipinski definition) is 1. The van der Waals surface area contributed by atoms with Crippen LogP contribution in [0.1, 0.15) is 10.6 Å². The Kier molecular flexibility index (Phi) is 2.19. The molecule has 0 aliphatic rings. The smallest absolute Gasteiger partial charge is 0.373 e. The Bertz CT molecular complexity index is 740. The lowest BCUT2D eigenvalue weighted by atomic mass is 10.2. The molecule has 0 fully saturated rings. The summed E-state index contributed by atoms with van der Waals surface area (Å²) in [7, 11) is 1.89. The van der Waals surface area contributed by atoms with Gasteiger partial charge in [0.25, 0.3) is 0 Å². The number of fused-ring (bicyclic) bond motifs is 1. The van der Waals surface area contributed by atoms with Crippen molar-refractivity contribution in [2.75, 3.05) is 0 Å². The molecule has 5 heteroatoms. The van der Waals surface area contributed by atoms with Gasteiger partial charge < -0.3 is 14.1 Å². The number of para-hydroxylation sites is 1. The largest absolute Gasteiger partial charge is 0.475 e. The Morgan fingerprint density at radius 3 is 2.83 bits per heavy atom. The lowest BCUT2D eigenvalue weighted by molar-refractivity contribution is 0.0663. The fourth-order valence-corrected chi connectivity index (χ4v) is 1.99. The average Bonchev–Trinajstić information content (AvgIpc) is 2.95. The number of carbonyl (C=O) groups is 1. The van der Waals surface area contributed by atoms with Crippen molar-refractivity contribution in [1.82, 2.24) is 9.55 Å². The van der Waals surface area contributed by atoms with E-state index in [-0.39, 0.29) is 5.76 Å². The van der Waals surface area contributed by atoms with Crippen molar-refractivity contribution < 1.29 is 14.3 Å². The summed E-state index contributed by atoms with van der Waals surface area (Å²) in [6, 6.07) is 9.79. The summed E-state index contributed by atoms with van der Waals surface area (Å²) in [4.78, 5) is 14.8. The zero-order valence-corrected chi connectivity index (χ0v) is 9.62. The van der Waals surface area contributed by atoms with Gasteiger partial charge in [-0.1, -0.05) is 18.2 Å². The number of hydrogen-bond acceptors (Lipinski definition) is 3. The molecule has 1 aromatic carbocycles. The highest BCUT2D eigenvalue weighted by molar-refractivity contribution is 5.87. The second-order valence-electron chi connectivity index (χ2n) is 3.98. The van der Waals surface area contributed by atoms with E-state index in [0.29, 0.717) is 5.89 Å². The molecule has 0 atom stereocenters. The first-order valence-electron chi connectivity index (χ1n) is 5.41. The van der Waals surface area contributed by atoms with Gasteiger partial charge in [-0.15, -0.1) is 0 Å². The molecule has 0 radical (unpaired) electrons. The molecule has 18 heavy (non-hydrogen) atoms. The van der Waals surface area contributed by atoms with E-state index in [0.717, 1.165) is 16.6 Å². The molecule has 0 aliphatic heterocycles. The van der Waals surface area contributed by atoms with Crippen LogP contribution in [0.2, 0.25) is 0 Å². The lowest BCUT2D eigenvalue weighted by Crippen LogP contribution is -1.92. The zero-order valence-electron chi connectivity index (χ0n) is 9.62. The summed E-state index contributed by atoms with van der Waals surface area (Å²) in [5, 5.41) is 9.87. The van der Waals surface area contributed by atoms with Crippen molar-refractivity contribution in [2.24, 2.45) is 7.05 Å². The van der Waals surface area contributed by atoms with E-state index in [1.54, 1.807) is 0 Å². The molecule has 5 nitrogen and oxygen atoms in total. The van der Waals surface area contributed by atoms with Gasteiger partial charge >= 0.3 is 5.97 Å². The van der Waals surface area contributed by atoms with Crippen LogP contribution in [-0.2, 0) is 7.05 Å². The standard InChI is InChI=1S/C13H10N2O3/c1-15-9-5-3-2-4-8(9)6-10(15)12-14-7-11(18-12)13(16)17/h2-7H,1H3,(H,16,17). The number of aromatic nitrogens is 2. The van der Waals surface area contributed by atoms with E-state index < -0.39 is 5.97 Å². The quantitative estimate of drug-likeness (QED) is 0.749. The van der Waals surface area contributed by atoms with Gasteiger partial charge in [0.05, 0.1) is 6.20 Å². The summed E-state index contributed by atoms with van der Waals surface area (Å²) in [6.45, 7) is 0. The van der Waals surface area contributed by atoms with Gasteiger partial charge in [-0.3, -0.25) is 0 Å². The topological polar surface area (TPSA) is 68.3 Å². The molecule has 3 aromatic rings. The Hall–Kier alpha value is -2.56. The maximum atomic E-state index is 10.8. The maximum Gasteiger partial charge on any atom is 0.373 e. The number of aryl methyl sites for hydroxylation is 1. The first kappa shape index (κ1) is 10.6. The Morgan fingerprint density at radius 2 is 2.17 bits per heavy atom. The third kappa shape index (κ3) is 1.48. The number of oxazole rings is 1. The van der Waals surface area contributed by atoms with Crippen LogP contribution < -0.4 is 0 Å².